The lowest BCUT2D eigenvalue weighted by molar-refractivity contribution is -0.374. The van der Waals surface area contributed by atoms with Crippen molar-refractivity contribution in [2.75, 3.05) is 6.26 Å². The van der Waals surface area contributed by atoms with Crippen molar-refractivity contribution in [3.05, 3.63) is 55.6 Å². The number of H-pyrrole nitrogens is 2. The maximum atomic E-state index is 12.5. The third-order valence-electron chi connectivity index (χ3n) is 3.76. The topological polar surface area (TPSA) is 91.0 Å². The van der Waals surface area contributed by atoms with Gasteiger partial charge in [-0.1, -0.05) is 12.1 Å². The zero-order valence-corrected chi connectivity index (χ0v) is 13.7. The number of aromatic amines is 2. The first-order valence-electron chi connectivity index (χ1n) is 6.83. The van der Waals surface area contributed by atoms with Crippen molar-refractivity contribution in [3.63, 3.8) is 0 Å². The Labute approximate surface area is 134 Å². The molecule has 0 bridgehead atoms. The highest BCUT2D eigenvalue weighted by molar-refractivity contribution is 7.98. The average molecular weight is 331 g/mol. The number of fused-ring (bicyclic) bond motifs is 1. The van der Waals surface area contributed by atoms with Gasteiger partial charge in [-0.2, -0.15) is 0 Å². The van der Waals surface area contributed by atoms with Crippen LogP contribution in [0.25, 0.3) is 22.3 Å². The van der Waals surface area contributed by atoms with Crippen molar-refractivity contribution in [3.8, 4) is 11.3 Å². The summed E-state index contributed by atoms with van der Waals surface area (Å²) >= 11 is 1.60. The van der Waals surface area contributed by atoms with E-state index in [9.17, 15) is 14.4 Å². The summed E-state index contributed by atoms with van der Waals surface area (Å²) in [4.78, 5) is 42.8. The number of thioether (sulfide) groups is 1. The molecule has 3 aromatic rings. The molecule has 1 aromatic carbocycles. The lowest BCUT2D eigenvalue weighted by Crippen LogP contribution is -2.43. The highest BCUT2D eigenvalue weighted by atomic mass is 32.2. The van der Waals surface area contributed by atoms with Crippen molar-refractivity contribution < 1.29 is 4.98 Å². The molecule has 0 saturated carbocycles. The Morgan fingerprint density at radius 3 is 2.30 bits per heavy atom. The van der Waals surface area contributed by atoms with E-state index in [1.54, 1.807) is 11.8 Å². The number of hydrogen-bond donors (Lipinski definition) is 1. The molecule has 8 heteroatoms. The number of hydrogen-bond acceptors (Lipinski definition) is 4. The SMILES string of the molecule is CSc1ccc(-c2[nH]c(=O)[nH+]c3c2c(=O)n(C)c(=O)n3C)cc1. The average Bonchev–Trinajstić information content (AvgIpc) is 2.57. The first kappa shape index (κ1) is 15.3. The molecule has 0 amide bonds. The molecule has 0 spiro atoms. The molecule has 0 atom stereocenters. The van der Waals surface area contributed by atoms with Crippen LogP contribution in [0.2, 0.25) is 0 Å². The van der Waals surface area contributed by atoms with Crippen LogP contribution in [-0.4, -0.2) is 20.4 Å². The van der Waals surface area contributed by atoms with Crippen LogP contribution >= 0.6 is 11.8 Å². The number of aryl methyl sites for hydroxylation is 1. The minimum atomic E-state index is -0.493. The van der Waals surface area contributed by atoms with E-state index in [1.165, 1.54) is 18.7 Å². The Hall–Kier alpha value is -2.61. The van der Waals surface area contributed by atoms with E-state index >= 15 is 0 Å². The quantitative estimate of drug-likeness (QED) is 0.676. The highest BCUT2D eigenvalue weighted by Crippen LogP contribution is 2.23. The molecule has 0 radical (unpaired) electrons. The smallest absolute Gasteiger partial charge is 0.268 e. The lowest BCUT2D eigenvalue weighted by Gasteiger charge is -2.06. The molecule has 2 heterocycles. The van der Waals surface area contributed by atoms with Crippen molar-refractivity contribution in [1.29, 1.82) is 0 Å². The fourth-order valence-electron chi connectivity index (χ4n) is 2.50. The molecule has 0 saturated heterocycles. The van der Waals surface area contributed by atoms with Crippen LogP contribution in [0, 0.1) is 0 Å². The van der Waals surface area contributed by atoms with Crippen molar-refractivity contribution in [2.24, 2.45) is 14.1 Å². The summed E-state index contributed by atoms with van der Waals surface area (Å²) in [5.74, 6) is 0. The van der Waals surface area contributed by atoms with Gasteiger partial charge in [0.15, 0.2) is 5.39 Å². The molecular weight excluding hydrogens is 316 g/mol. The van der Waals surface area contributed by atoms with Gasteiger partial charge in [0.05, 0.1) is 7.05 Å². The first-order chi connectivity index (χ1) is 10.9. The Bertz CT molecular complexity index is 1080. The molecule has 7 nitrogen and oxygen atoms in total. The summed E-state index contributed by atoms with van der Waals surface area (Å²) in [5.41, 5.74) is -0.134. The minimum absolute atomic E-state index is 0.200. The van der Waals surface area contributed by atoms with Crippen LogP contribution in [0.5, 0.6) is 0 Å². The summed E-state index contributed by atoms with van der Waals surface area (Å²) in [5, 5.41) is 0.270. The van der Waals surface area contributed by atoms with Crippen LogP contribution < -0.4 is 21.9 Å². The normalized spacial score (nSPS) is 11.1. The van der Waals surface area contributed by atoms with Crippen molar-refractivity contribution in [2.45, 2.75) is 4.90 Å². The number of rotatable bonds is 2. The molecule has 0 aliphatic rings. The molecule has 0 unspecified atom stereocenters. The summed E-state index contributed by atoms with van der Waals surface area (Å²) in [6.07, 6.45) is 1.97. The van der Waals surface area contributed by atoms with Gasteiger partial charge in [-0.25, -0.2) is 28.7 Å². The predicted octanol–water partition coefficient (Wildman–Crippen LogP) is 0.128. The zero-order chi connectivity index (χ0) is 16.7. The number of benzene rings is 1. The molecule has 118 valence electrons. The van der Waals surface area contributed by atoms with Crippen LogP contribution in [-0.2, 0) is 14.1 Å². The van der Waals surface area contributed by atoms with Gasteiger partial charge < -0.3 is 0 Å². The Morgan fingerprint density at radius 1 is 1.04 bits per heavy atom. The Kier molecular flexibility index (Phi) is 3.69. The van der Waals surface area contributed by atoms with Gasteiger partial charge in [0.1, 0.15) is 5.69 Å². The van der Waals surface area contributed by atoms with Gasteiger partial charge in [0, 0.05) is 17.5 Å². The Balaban J connectivity index is 2.48. The van der Waals surface area contributed by atoms with Crippen molar-refractivity contribution in [1.82, 2.24) is 14.1 Å². The zero-order valence-electron chi connectivity index (χ0n) is 12.8. The summed E-state index contributed by atoms with van der Waals surface area (Å²) in [7, 11) is 2.93. The fourth-order valence-corrected chi connectivity index (χ4v) is 2.91. The van der Waals surface area contributed by atoms with Crippen LogP contribution in [0.15, 0.2) is 43.5 Å². The minimum Gasteiger partial charge on any atom is -0.268 e. The van der Waals surface area contributed by atoms with E-state index < -0.39 is 16.9 Å². The highest BCUT2D eigenvalue weighted by Gasteiger charge is 2.20. The third-order valence-corrected chi connectivity index (χ3v) is 4.51. The Morgan fingerprint density at radius 2 is 1.70 bits per heavy atom. The van der Waals surface area contributed by atoms with E-state index in [1.807, 2.05) is 30.5 Å². The van der Waals surface area contributed by atoms with Gasteiger partial charge >= 0.3 is 11.4 Å². The summed E-state index contributed by atoms with van der Waals surface area (Å²) in [6.45, 7) is 0. The predicted molar refractivity (Wildman–Crippen MR) is 88.8 cm³/mol. The van der Waals surface area contributed by atoms with Crippen LogP contribution in [0.3, 0.4) is 0 Å². The van der Waals surface area contributed by atoms with E-state index in [0.29, 0.717) is 11.3 Å². The van der Waals surface area contributed by atoms with E-state index in [-0.39, 0.29) is 11.0 Å². The van der Waals surface area contributed by atoms with E-state index in [4.69, 9.17) is 0 Å². The number of nitrogens with zero attached hydrogens (tertiary/aromatic N) is 2. The van der Waals surface area contributed by atoms with Crippen LogP contribution in [0.1, 0.15) is 0 Å². The molecular formula is C15H15N4O3S+. The van der Waals surface area contributed by atoms with Crippen molar-refractivity contribution >= 4 is 22.8 Å². The summed E-state index contributed by atoms with van der Waals surface area (Å²) in [6, 6.07) is 7.49. The second-order valence-corrected chi connectivity index (χ2v) is 5.99. The first-order valence-corrected chi connectivity index (χ1v) is 8.06. The number of aromatic nitrogens is 4. The van der Waals surface area contributed by atoms with E-state index in [2.05, 4.69) is 9.97 Å². The molecule has 0 aliphatic heterocycles. The monoisotopic (exact) mass is 331 g/mol. The second kappa shape index (κ2) is 5.54. The molecule has 23 heavy (non-hydrogen) atoms. The maximum absolute atomic E-state index is 12.5. The van der Waals surface area contributed by atoms with Gasteiger partial charge in [0.25, 0.3) is 5.56 Å². The van der Waals surface area contributed by atoms with Gasteiger partial charge in [-0.15, -0.1) is 11.8 Å². The molecule has 2 N–H and O–H groups in total. The van der Waals surface area contributed by atoms with Gasteiger partial charge in [0.2, 0.25) is 5.65 Å². The fraction of sp³-hybridized carbons (Fsp3) is 0.200. The van der Waals surface area contributed by atoms with E-state index in [0.717, 1.165) is 9.46 Å². The standard InChI is InChI=1S/C15H14N4O3S/c1-18-12-10(13(20)19(2)15(18)22)11(16-14(21)17-12)8-4-6-9(23-3)7-5-8/h4-7H,1-3H3,(H,16,17,21)/p+1. The lowest BCUT2D eigenvalue weighted by atomic mass is 10.1. The largest absolute Gasteiger partial charge is 0.439 e. The van der Waals surface area contributed by atoms with Gasteiger partial charge in [-0.05, 0) is 18.4 Å². The summed E-state index contributed by atoms with van der Waals surface area (Å²) < 4.78 is 2.28. The van der Waals surface area contributed by atoms with Gasteiger partial charge in [-0.3, -0.25) is 4.79 Å². The second-order valence-electron chi connectivity index (χ2n) is 5.11. The third kappa shape index (κ3) is 2.40. The maximum Gasteiger partial charge on any atom is 0.439 e. The van der Waals surface area contributed by atoms with Crippen LogP contribution in [0.4, 0.5) is 0 Å². The number of nitrogens with one attached hydrogen (secondary N) is 2. The molecule has 0 fully saturated rings. The molecule has 2 aromatic heterocycles. The molecule has 0 aliphatic carbocycles. The molecule has 3 rings (SSSR count).